The van der Waals surface area contributed by atoms with E-state index in [9.17, 15) is 4.79 Å². The molecule has 2 aliphatic rings. The van der Waals surface area contributed by atoms with Gasteiger partial charge in [-0.3, -0.25) is 0 Å². The van der Waals surface area contributed by atoms with Crippen LogP contribution in [-0.2, 0) is 19.0 Å². The molecule has 7 nitrogen and oxygen atoms in total. The van der Waals surface area contributed by atoms with Crippen LogP contribution in [0.15, 0.2) is 48.5 Å². The van der Waals surface area contributed by atoms with E-state index in [1.54, 1.807) is 0 Å². The SMILES string of the molecule is C1=Cc2cc3ccc(cc4nc(cc5ccc(cc1n2)[nH]5)C=C4)[nH]3.CC(C)(C)O[C](=O)[Zn]([NH2])[Br]. The van der Waals surface area contributed by atoms with Gasteiger partial charge in [-0.05, 0) is 72.8 Å². The fourth-order valence-corrected chi connectivity index (χ4v) is 5.15. The number of aromatic nitrogens is 4. The Kier molecular flexibility index (Phi) is 7.26. The zero-order valence-electron chi connectivity index (χ0n) is 19.3. The van der Waals surface area contributed by atoms with Crippen molar-refractivity contribution in [2.45, 2.75) is 26.4 Å². The molecule has 5 rings (SSSR count). The van der Waals surface area contributed by atoms with Gasteiger partial charge in [0, 0.05) is 22.1 Å². The van der Waals surface area contributed by atoms with E-state index in [2.05, 4.69) is 57.8 Å². The molecule has 0 saturated carbocycles. The van der Waals surface area contributed by atoms with E-state index in [1.165, 1.54) is 0 Å². The summed E-state index contributed by atoms with van der Waals surface area (Å²) in [6.45, 7) is 5.48. The number of nitrogens with two attached hydrogens (primary N) is 1. The van der Waals surface area contributed by atoms with Crippen molar-refractivity contribution in [1.29, 1.82) is 0 Å². The number of rotatable bonds is 1. The average Bonchev–Trinajstić information content (AvgIpc) is 3.53. The van der Waals surface area contributed by atoms with Crippen molar-refractivity contribution in [2.24, 2.45) is 4.48 Å². The molecule has 0 aromatic carbocycles. The molecule has 9 heteroatoms. The fraction of sp³-hybridized carbons (Fsp3) is 0.160. The molecular weight excluding hydrogens is 548 g/mol. The first kappa shape index (κ1) is 24.3. The van der Waals surface area contributed by atoms with Crippen molar-refractivity contribution in [3.8, 4) is 0 Å². The number of fused-ring (bicyclic) bond motifs is 8. The Morgan fingerprint density at radius 1 is 0.794 bits per heavy atom. The molecule has 3 aromatic heterocycles. The van der Waals surface area contributed by atoms with Gasteiger partial charge in [-0.2, -0.15) is 0 Å². The normalized spacial score (nSPS) is 12.1. The number of nitrogens with one attached hydrogen (secondary N) is 2. The molecule has 0 aliphatic carbocycles. The number of carbonyl (C=O) groups excluding carboxylic acids is 1. The van der Waals surface area contributed by atoms with Crippen LogP contribution in [0, 0.1) is 0 Å². The fourth-order valence-electron chi connectivity index (χ4n) is 3.35. The number of halogens is 1. The molecule has 5 heterocycles. The molecule has 3 aromatic rings. The van der Waals surface area contributed by atoms with Gasteiger partial charge >= 0.3 is 72.8 Å². The molecular formula is C25H25BrN5O2Zn. The van der Waals surface area contributed by atoms with Gasteiger partial charge in [-0.15, -0.1) is 0 Å². The Labute approximate surface area is 209 Å². The molecule has 171 valence electrons. The molecule has 0 amide bonds. The number of carbonyl (C=O) groups is 1. The number of H-pyrrole nitrogens is 2. The van der Waals surface area contributed by atoms with Crippen molar-refractivity contribution in [1.82, 2.24) is 19.9 Å². The van der Waals surface area contributed by atoms with Gasteiger partial charge in [0.15, 0.2) is 0 Å². The van der Waals surface area contributed by atoms with Gasteiger partial charge < -0.3 is 9.97 Å². The molecule has 0 spiro atoms. The van der Waals surface area contributed by atoms with Crippen LogP contribution in [0.25, 0.3) is 46.4 Å². The summed E-state index contributed by atoms with van der Waals surface area (Å²) < 4.78 is 10.1. The Bertz CT molecular complexity index is 1260. The summed E-state index contributed by atoms with van der Waals surface area (Å²) >= 11 is 0.592. The van der Waals surface area contributed by atoms with Gasteiger partial charge in [-0.1, -0.05) is 0 Å². The van der Waals surface area contributed by atoms with Crippen molar-refractivity contribution in [3.63, 3.8) is 0 Å². The zero-order chi connectivity index (χ0) is 24.3. The Balaban J connectivity index is 0.000000235. The van der Waals surface area contributed by atoms with Gasteiger partial charge in [0.2, 0.25) is 0 Å². The second kappa shape index (κ2) is 10.2. The summed E-state index contributed by atoms with van der Waals surface area (Å²) in [5.41, 5.74) is 7.46. The van der Waals surface area contributed by atoms with Crippen LogP contribution in [0.3, 0.4) is 0 Å². The zero-order valence-corrected chi connectivity index (χ0v) is 23.9. The maximum atomic E-state index is 10.9. The first-order valence-electron chi connectivity index (χ1n) is 11.0. The standard InChI is InChI=1S/C20H14N4.C5H9O2.BrH.H2N.Zn/c1-2-14-10-16-5-6-18(23-16)12-20-8-7-19(24-20)11-17-4-3-15(22-17)9-13(1)21-14;1-5(2,3)7-4-6;;;/h1-12,21,24H;1-3H3;1H;1H2;/q;;;-1;+2/p-1. The first-order valence-corrected chi connectivity index (χ1v) is 21.1. The summed E-state index contributed by atoms with van der Waals surface area (Å²) in [7, 11) is 0. The first-order chi connectivity index (χ1) is 16.1. The third-order valence-corrected chi connectivity index (χ3v) is 8.58. The summed E-state index contributed by atoms with van der Waals surface area (Å²) in [6.07, 6.45) is 8.09. The summed E-state index contributed by atoms with van der Waals surface area (Å²) in [6, 6.07) is 16.4. The van der Waals surface area contributed by atoms with Crippen LogP contribution < -0.4 is 4.48 Å². The summed E-state index contributed by atoms with van der Waals surface area (Å²) in [5.74, 6) is 0. The van der Waals surface area contributed by atoms with Gasteiger partial charge in [-0.25, -0.2) is 9.97 Å². The van der Waals surface area contributed by atoms with E-state index >= 15 is 0 Å². The van der Waals surface area contributed by atoms with Crippen LogP contribution in [0.4, 0.5) is 4.79 Å². The van der Waals surface area contributed by atoms with E-state index in [4.69, 9.17) is 9.21 Å². The van der Waals surface area contributed by atoms with Crippen LogP contribution in [0.2, 0.25) is 0 Å². The number of hydrogen-bond acceptors (Lipinski definition) is 5. The van der Waals surface area contributed by atoms with Crippen molar-refractivity contribution in [3.05, 3.63) is 71.3 Å². The molecule has 0 radical (unpaired) electrons. The van der Waals surface area contributed by atoms with E-state index in [1.807, 2.05) is 69.3 Å². The van der Waals surface area contributed by atoms with Crippen LogP contribution in [-0.4, -0.2) is 30.1 Å². The predicted octanol–water partition coefficient (Wildman–Crippen LogP) is 6.38. The summed E-state index contributed by atoms with van der Waals surface area (Å²) in [5, 5.41) is 0. The minimum atomic E-state index is -2.51. The Morgan fingerprint density at radius 2 is 1.12 bits per heavy atom. The van der Waals surface area contributed by atoms with E-state index < -0.39 is 19.8 Å². The molecule has 34 heavy (non-hydrogen) atoms. The molecule has 4 N–H and O–H groups in total. The Hall–Kier alpha value is -2.87. The average molecular weight is 573 g/mol. The third kappa shape index (κ3) is 6.82. The number of aromatic amines is 2. The van der Waals surface area contributed by atoms with Crippen molar-refractivity contribution >= 4 is 64.6 Å². The van der Waals surface area contributed by atoms with Crippen LogP contribution >= 0.6 is 13.6 Å². The molecule has 0 atom stereocenters. The monoisotopic (exact) mass is 570 g/mol. The topological polar surface area (TPSA) is 110 Å². The molecule has 0 saturated heterocycles. The molecule has 8 bridgehead atoms. The third-order valence-electron chi connectivity index (χ3n) is 4.74. The van der Waals surface area contributed by atoms with Gasteiger partial charge in [0.05, 0.1) is 22.8 Å². The Morgan fingerprint density at radius 3 is 1.35 bits per heavy atom. The predicted molar refractivity (Wildman–Crippen MR) is 138 cm³/mol. The van der Waals surface area contributed by atoms with Crippen molar-refractivity contribution < 1.29 is 23.8 Å². The molecule has 0 fully saturated rings. The second-order valence-electron chi connectivity index (χ2n) is 8.98. The quantitative estimate of drug-likeness (QED) is 0.202. The van der Waals surface area contributed by atoms with Crippen molar-refractivity contribution in [2.75, 3.05) is 0 Å². The van der Waals surface area contributed by atoms with E-state index in [0.717, 1.165) is 44.8 Å². The van der Waals surface area contributed by atoms with Gasteiger partial charge in [0.25, 0.3) is 0 Å². The van der Waals surface area contributed by atoms with Crippen LogP contribution in [0.5, 0.6) is 0 Å². The summed E-state index contributed by atoms with van der Waals surface area (Å²) in [4.78, 5) is 26.9. The van der Waals surface area contributed by atoms with Crippen LogP contribution in [0.1, 0.15) is 43.5 Å². The molecule has 0 unspecified atom stereocenters. The number of ether oxygens (including phenoxy) is 1. The van der Waals surface area contributed by atoms with E-state index in [0.29, 0.717) is 0 Å². The molecule has 2 aliphatic heterocycles. The number of nitrogens with zero attached hydrogens (tertiary/aromatic N) is 2. The van der Waals surface area contributed by atoms with Gasteiger partial charge in [0.1, 0.15) is 0 Å². The second-order valence-corrected chi connectivity index (χ2v) is 18.5. The minimum absolute atomic E-state index is 0.229. The maximum absolute atomic E-state index is 10.9. The number of hydrogen-bond donors (Lipinski definition) is 3. The van der Waals surface area contributed by atoms with E-state index in [-0.39, 0.29) is 4.56 Å².